The number of nitrogens with zero attached hydrogens (tertiary/aromatic N) is 3. The molecule has 0 amide bonds. The summed E-state index contributed by atoms with van der Waals surface area (Å²) in [7, 11) is 0. The molecule has 0 spiro atoms. The Morgan fingerprint density at radius 2 is 1.38 bits per heavy atom. The van der Waals surface area contributed by atoms with Gasteiger partial charge in [0.05, 0.1) is 26.3 Å². The first-order valence-electron chi connectivity index (χ1n) is 12.2. The molecule has 37 heavy (non-hydrogen) atoms. The van der Waals surface area contributed by atoms with Crippen LogP contribution in [0.3, 0.4) is 0 Å². The van der Waals surface area contributed by atoms with Crippen molar-refractivity contribution in [2.45, 2.75) is 0 Å². The van der Waals surface area contributed by atoms with E-state index < -0.39 is 0 Å². The highest BCUT2D eigenvalue weighted by molar-refractivity contribution is 7.36. The van der Waals surface area contributed by atoms with Crippen LogP contribution in [-0.4, -0.2) is 14.5 Å². The Hall–Kier alpha value is -4.32. The van der Waals surface area contributed by atoms with Crippen LogP contribution in [0.1, 0.15) is 0 Å². The van der Waals surface area contributed by atoms with Gasteiger partial charge in [-0.15, -0.1) is 22.7 Å². The summed E-state index contributed by atoms with van der Waals surface area (Å²) in [4.78, 5) is 10.5. The minimum atomic E-state index is 0.953. The number of thiophene rings is 2. The quantitative estimate of drug-likeness (QED) is 0.237. The number of hydrogen-bond donors (Lipinski definition) is 0. The number of hydrogen-bond acceptors (Lipinski definition) is 4. The van der Waals surface area contributed by atoms with Gasteiger partial charge in [0.25, 0.3) is 0 Å². The molecule has 0 fully saturated rings. The van der Waals surface area contributed by atoms with Gasteiger partial charge in [0, 0.05) is 50.1 Å². The fraction of sp³-hybridized carbons (Fsp3) is 0. The van der Waals surface area contributed by atoms with Crippen molar-refractivity contribution in [2.75, 3.05) is 0 Å². The van der Waals surface area contributed by atoms with E-state index >= 15 is 0 Å². The fourth-order valence-electron chi connectivity index (χ4n) is 5.24. The zero-order chi connectivity index (χ0) is 24.3. The number of fused-ring (bicyclic) bond motifs is 7. The van der Waals surface area contributed by atoms with Crippen molar-refractivity contribution in [2.24, 2.45) is 0 Å². The Bertz CT molecular complexity index is 2080. The van der Waals surface area contributed by atoms with Crippen molar-refractivity contribution >= 4 is 63.3 Å². The van der Waals surface area contributed by atoms with Gasteiger partial charge in [-0.25, -0.2) is 4.98 Å². The molecule has 0 saturated heterocycles. The Morgan fingerprint density at radius 1 is 0.595 bits per heavy atom. The molecule has 8 aromatic rings. The zero-order valence-electron chi connectivity index (χ0n) is 19.6. The van der Waals surface area contributed by atoms with Gasteiger partial charge in [0.1, 0.15) is 4.83 Å². The van der Waals surface area contributed by atoms with E-state index in [9.17, 15) is 0 Å². The molecule has 0 aliphatic carbocycles. The molecule has 3 nitrogen and oxygen atoms in total. The first-order valence-corrected chi connectivity index (χ1v) is 13.8. The average Bonchev–Trinajstić information content (AvgIpc) is 3.61. The number of pyridine rings is 2. The van der Waals surface area contributed by atoms with Crippen molar-refractivity contribution in [3.63, 3.8) is 0 Å². The van der Waals surface area contributed by atoms with E-state index in [4.69, 9.17) is 4.98 Å². The van der Waals surface area contributed by atoms with E-state index in [1.54, 1.807) is 0 Å². The van der Waals surface area contributed by atoms with Gasteiger partial charge in [-0.3, -0.25) is 4.98 Å². The molecular weight excluding hydrogens is 491 g/mol. The van der Waals surface area contributed by atoms with Crippen LogP contribution in [0.4, 0.5) is 0 Å². The summed E-state index contributed by atoms with van der Waals surface area (Å²) >= 11 is 3.80. The predicted octanol–water partition coefficient (Wildman–Crippen LogP) is 9.34. The summed E-state index contributed by atoms with van der Waals surface area (Å²) in [6, 6.07) is 36.5. The normalized spacial score (nSPS) is 11.8. The van der Waals surface area contributed by atoms with Crippen LogP contribution in [0.25, 0.3) is 68.8 Å². The SMILES string of the molecule is c1ccc(-n2c3ccc(-c4cccc(-c5ccncc5)n4)cc3c3c4sc5ccccc5c4sc32)cc1. The third-order valence-corrected chi connectivity index (χ3v) is 9.46. The van der Waals surface area contributed by atoms with E-state index in [1.165, 1.54) is 46.3 Å². The lowest BCUT2D eigenvalue weighted by Gasteiger charge is -2.08. The zero-order valence-corrected chi connectivity index (χ0v) is 21.3. The van der Waals surface area contributed by atoms with Crippen LogP contribution in [-0.2, 0) is 0 Å². The maximum absolute atomic E-state index is 5.02. The predicted molar refractivity (Wildman–Crippen MR) is 158 cm³/mol. The van der Waals surface area contributed by atoms with Gasteiger partial charge >= 0.3 is 0 Å². The molecule has 3 aromatic carbocycles. The lowest BCUT2D eigenvalue weighted by molar-refractivity contribution is 1.19. The van der Waals surface area contributed by atoms with E-state index in [2.05, 4.69) is 101 Å². The second-order valence-electron chi connectivity index (χ2n) is 9.09. The van der Waals surface area contributed by atoms with E-state index in [0.29, 0.717) is 0 Å². The van der Waals surface area contributed by atoms with Gasteiger partial charge in [0.2, 0.25) is 0 Å². The Morgan fingerprint density at radius 3 is 2.24 bits per heavy atom. The molecule has 0 saturated carbocycles. The molecule has 5 heteroatoms. The maximum atomic E-state index is 5.02. The van der Waals surface area contributed by atoms with Gasteiger partial charge in [-0.05, 0) is 54.6 Å². The molecule has 0 aliphatic heterocycles. The summed E-state index contributed by atoms with van der Waals surface area (Å²) < 4.78 is 6.51. The van der Waals surface area contributed by atoms with Gasteiger partial charge in [-0.2, -0.15) is 0 Å². The first-order chi connectivity index (χ1) is 18.3. The Kier molecular flexibility index (Phi) is 4.56. The third kappa shape index (κ3) is 3.18. The summed E-state index contributed by atoms with van der Waals surface area (Å²) in [6.45, 7) is 0. The highest BCUT2D eigenvalue weighted by atomic mass is 32.1. The molecule has 8 rings (SSSR count). The molecule has 0 N–H and O–H groups in total. The lowest BCUT2D eigenvalue weighted by Crippen LogP contribution is -1.92. The monoisotopic (exact) mass is 509 g/mol. The highest BCUT2D eigenvalue weighted by Gasteiger charge is 2.21. The second kappa shape index (κ2) is 8.10. The van der Waals surface area contributed by atoms with Crippen molar-refractivity contribution in [1.82, 2.24) is 14.5 Å². The average molecular weight is 510 g/mol. The van der Waals surface area contributed by atoms with Crippen LogP contribution in [0.15, 0.2) is 116 Å². The number of aromatic nitrogens is 3. The van der Waals surface area contributed by atoms with Crippen molar-refractivity contribution in [3.05, 3.63) is 116 Å². The number of rotatable bonds is 3. The van der Waals surface area contributed by atoms with E-state index in [0.717, 1.165) is 22.5 Å². The molecular formula is C32H19N3S2. The first kappa shape index (κ1) is 20.8. The maximum Gasteiger partial charge on any atom is 0.110 e. The highest BCUT2D eigenvalue weighted by Crippen LogP contribution is 2.49. The molecule has 0 atom stereocenters. The smallest absolute Gasteiger partial charge is 0.110 e. The molecule has 0 radical (unpaired) electrons. The van der Waals surface area contributed by atoms with Crippen LogP contribution in [0, 0.1) is 0 Å². The molecule has 0 aliphatic rings. The van der Waals surface area contributed by atoms with E-state index in [-0.39, 0.29) is 0 Å². The molecule has 5 heterocycles. The van der Waals surface area contributed by atoms with Crippen molar-refractivity contribution in [3.8, 4) is 28.2 Å². The van der Waals surface area contributed by atoms with Crippen LogP contribution >= 0.6 is 22.7 Å². The van der Waals surface area contributed by atoms with Crippen LogP contribution in [0.2, 0.25) is 0 Å². The van der Waals surface area contributed by atoms with Crippen molar-refractivity contribution < 1.29 is 0 Å². The number of benzene rings is 3. The van der Waals surface area contributed by atoms with Gasteiger partial charge in [0.15, 0.2) is 0 Å². The van der Waals surface area contributed by atoms with Crippen LogP contribution < -0.4 is 0 Å². The summed E-state index contributed by atoms with van der Waals surface area (Å²) in [5.41, 5.74) is 6.53. The standard InChI is InChI=1S/C32H19N3S2/c1-2-7-22(8-3-1)35-27-14-13-21(26-11-6-10-25(34-26)20-15-17-33-18-16-20)19-24(27)29-31-30(37-32(29)35)23-9-4-5-12-28(23)36-31/h1-19H. The molecule has 5 aromatic heterocycles. The Labute approximate surface area is 220 Å². The summed E-state index contributed by atoms with van der Waals surface area (Å²) in [5, 5.41) is 3.96. The second-order valence-corrected chi connectivity index (χ2v) is 11.1. The molecule has 0 bridgehead atoms. The van der Waals surface area contributed by atoms with E-state index in [1.807, 2.05) is 47.2 Å². The summed E-state index contributed by atoms with van der Waals surface area (Å²) in [5.74, 6) is 0. The minimum Gasteiger partial charge on any atom is -0.301 e. The Balaban J connectivity index is 1.42. The van der Waals surface area contributed by atoms with Crippen LogP contribution in [0.5, 0.6) is 0 Å². The van der Waals surface area contributed by atoms with Crippen molar-refractivity contribution in [1.29, 1.82) is 0 Å². The van der Waals surface area contributed by atoms with Gasteiger partial charge in [-0.1, -0.05) is 48.5 Å². The topological polar surface area (TPSA) is 30.7 Å². The molecule has 174 valence electrons. The minimum absolute atomic E-state index is 0.953. The van der Waals surface area contributed by atoms with Gasteiger partial charge < -0.3 is 4.57 Å². The fourth-order valence-corrected chi connectivity index (χ4v) is 8.06. The third-order valence-electron chi connectivity index (χ3n) is 6.93. The number of para-hydroxylation sites is 1. The largest absolute Gasteiger partial charge is 0.301 e. The molecule has 0 unspecified atom stereocenters. The summed E-state index contributed by atoms with van der Waals surface area (Å²) in [6.07, 6.45) is 3.62. The lowest BCUT2D eigenvalue weighted by atomic mass is 10.1.